The number of hydrogen-bond donors (Lipinski definition) is 2. The molecule has 3 rings (SSSR count). The van der Waals surface area contributed by atoms with Crippen molar-refractivity contribution in [1.29, 1.82) is 0 Å². The molecule has 1 amide bonds. The van der Waals surface area contributed by atoms with E-state index < -0.39 is 0 Å². The lowest BCUT2D eigenvalue weighted by atomic mass is 10.2. The molecule has 2 heterocycles. The lowest BCUT2D eigenvalue weighted by molar-refractivity contribution is 0.102. The summed E-state index contributed by atoms with van der Waals surface area (Å²) in [5, 5.41) is 9.34. The van der Waals surface area contributed by atoms with Crippen molar-refractivity contribution in [2.24, 2.45) is 0 Å². The van der Waals surface area contributed by atoms with Gasteiger partial charge in [-0.25, -0.2) is 9.67 Å². The number of nitrogen functional groups attached to an aromatic ring is 1. The van der Waals surface area contributed by atoms with Crippen molar-refractivity contribution in [3.05, 3.63) is 52.8 Å². The Hall–Kier alpha value is -2.38. The minimum absolute atomic E-state index is 0.267. The number of nitrogens with zero attached hydrogens (tertiary/aromatic N) is 3. The molecule has 3 aromatic rings. The Kier molecular flexibility index (Phi) is 3.59. The summed E-state index contributed by atoms with van der Waals surface area (Å²) >= 11 is 7.42. The molecule has 1 aromatic carbocycles. The quantitative estimate of drug-likeness (QED) is 0.777. The van der Waals surface area contributed by atoms with E-state index in [9.17, 15) is 4.79 Å². The first kappa shape index (κ1) is 13.6. The van der Waals surface area contributed by atoms with Gasteiger partial charge in [-0.2, -0.15) is 5.10 Å². The van der Waals surface area contributed by atoms with Crippen LogP contribution < -0.4 is 11.1 Å². The second kappa shape index (κ2) is 5.55. The number of para-hydroxylation sites is 1. The zero-order valence-electron chi connectivity index (χ0n) is 10.7. The molecule has 0 atom stereocenters. The fraction of sp³-hybridized carbons (Fsp3) is 0. The monoisotopic (exact) mass is 319 g/mol. The summed E-state index contributed by atoms with van der Waals surface area (Å²) in [6, 6.07) is 7.00. The van der Waals surface area contributed by atoms with E-state index in [1.807, 2.05) is 0 Å². The third-order valence-corrected chi connectivity index (χ3v) is 3.70. The van der Waals surface area contributed by atoms with Crippen LogP contribution in [0.25, 0.3) is 5.69 Å². The number of rotatable bonds is 3. The number of aromatic nitrogens is 3. The number of nitrogens with one attached hydrogen (secondary N) is 1. The van der Waals surface area contributed by atoms with Crippen LogP contribution in [0.15, 0.2) is 42.0 Å². The van der Waals surface area contributed by atoms with E-state index in [0.29, 0.717) is 21.5 Å². The number of anilines is 2. The fourth-order valence-electron chi connectivity index (χ4n) is 1.83. The van der Waals surface area contributed by atoms with E-state index in [2.05, 4.69) is 15.4 Å². The van der Waals surface area contributed by atoms with E-state index >= 15 is 0 Å². The molecule has 8 heteroatoms. The minimum atomic E-state index is -0.348. The van der Waals surface area contributed by atoms with Crippen LogP contribution >= 0.6 is 22.9 Å². The molecule has 0 radical (unpaired) electrons. The molecule has 21 heavy (non-hydrogen) atoms. The Morgan fingerprint density at radius 3 is 2.90 bits per heavy atom. The highest BCUT2D eigenvalue weighted by molar-refractivity contribution is 7.13. The van der Waals surface area contributed by atoms with E-state index in [1.54, 1.807) is 46.7 Å². The molecule has 2 aromatic heterocycles. The van der Waals surface area contributed by atoms with Crippen molar-refractivity contribution < 1.29 is 4.79 Å². The minimum Gasteiger partial charge on any atom is -0.375 e. The number of hydrogen-bond acceptors (Lipinski definition) is 5. The van der Waals surface area contributed by atoms with Crippen LogP contribution in [0.3, 0.4) is 0 Å². The first-order valence-corrected chi connectivity index (χ1v) is 7.22. The Morgan fingerprint density at radius 1 is 1.38 bits per heavy atom. The molecule has 0 saturated heterocycles. The van der Waals surface area contributed by atoms with Gasteiger partial charge in [0, 0.05) is 17.8 Å². The lowest BCUT2D eigenvalue weighted by Gasteiger charge is -2.12. The van der Waals surface area contributed by atoms with Gasteiger partial charge in [0.15, 0.2) is 5.13 Å². The standard InChI is InChI=1S/C13H10ClN5OS/c14-8-3-1-4-9(11(8)19-6-2-5-16-19)17-12(20)10-7-21-13(15)18-10/h1-7H,(H2,15,18)(H,17,20). The Labute approximate surface area is 129 Å². The van der Waals surface area contributed by atoms with Crippen LogP contribution in [0, 0.1) is 0 Å². The molecule has 0 aliphatic heterocycles. The molecule has 0 bridgehead atoms. The van der Waals surface area contributed by atoms with Gasteiger partial charge < -0.3 is 11.1 Å². The van der Waals surface area contributed by atoms with Crippen molar-refractivity contribution in [3.8, 4) is 5.69 Å². The summed E-state index contributed by atoms with van der Waals surface area (Å²) in [4.78, 5) is 16.1. The molecule has 0 aliphatic rings. The van der Waals surface area contributed by atoms with Crippen LogP contribution in [0.2, 0.25) is 5.02 Å². The number of halogens is 1. The van der Waals surface area contributed by atoms with E-state index in [0.717, 1.165) is 0 Å². The second-order valence-electron chi connectivity index (χ2n) is 4.11. The van der Waals surface area contributed by atoms with Crippen molar-refractivity contribution in [2.75, 3.05) is 11.1 Å². The van der Waals surface area contributed by atoms with Crippen LogP contribution in [-0.2, 0) is 0 Å². The van der Waals surface area contributed by atoms with Gasteiger partial charge in [-0.3, -0.25) is 4.79 Å². The van der Waals surface area contributed by atoms with Crippen molar-refractivity contribution in [2.45, 2.75) is 0 Å². The highest BCUT2D eigenvalue weighted by Crippen LogP contribution is 2.28. The van der Waals surface area contributed by atoms with Gasteiger partial charge in [0.2, 0.25) is 0 Å². The van der Waals surface area contributed by atoms with Gasteiger partial charge in [-0.1, -0.05) is 17.7 Å². The van der Waals surface area contributed by atoms with Crippen LogP contribution in [0.5, 0.6) is 0 Å². The largest absolute Gasteiger partial charge is 0.375 e. The van der Waals surface area contributed by atoms with Crippen molar-refractivity contribution in [1.82, 2.24) is 14.8 Å². The second-order valence-corrected chi connectivity index (χ2v) is 5.41. The summed E-state index contributed by atoms with van der Waals surface area (Å²) in [6.07, 6.45) is 3.38. The van der Waals surface area contributed by atoms with E-state index in [-0.39, 0.29) is 11.6 Å². The number of benzene rings is 1. The average Bonchev–Trinajstić information content (AvgIpc) is 3.10. The zero-order chi connectivity index (χ0) is 14.8. The van der Waals surface area contributed by atoms with Gasteiger partial charge in [-0.15, -0.1) is 11.3 Å². The Bertz CT molecular complexity index is 784. The number of carbonyl (C=O) groups excluding carboxylic acids is 1. The predicted octanol–water partition coefficient (Wildman–Crippen LogP) is 2.82. The van der Waals surface area contributed by atoms with Crippen LogP contribution in [-0.4, -0.2) is 20.7 Å². The maximum atomic E-state index is 12.2. The normalized spacial score (nSPS) is 10.5. The number of nitrogens with two attached hydrogens (primary N) is 1. The van der Waals surface area contributed by atoms with Crippen molar-refractivity contribution >= 4 is 39.7 Å². The summed E-state index contributed by atoms with van der Waals surface area (Å²) in [6.45, 7) is 0. The molecule has 106 valence electrons. The highest BCUT2D eigenvalue weighted by Gasteiger charge is 2.15. The number of amides is 1. The maximum absolute atomic E-state index is 12.2. The van der Waals surface area contributed by atoms with Gasteiger partial charge in [0.25, 0.3) is 5.91 Å². The molecule has 0 fully saturated rings. The van der Waals surface area contributed by atoms with Crippen molar-refractivity contribution in [3.63, 3.8) is 0 Å². The molecule has 0 saturated carbocycles. The molecule has 6 nitrogen and oxygen atoms in total. The summed E-state index contributed by atoms with van der Waals surface area (Å²) in [5.74, 6) is -0.348. The predicted molar refractivity (Wildman–Crippen MR) is 83.1 cm³/mol. The summed E-state index contributed by atoms with van der Waals surface area (Å²) in [5.41, 5.74) is 6.94. The van der Waals surface area contributed by atoms with Crippen LogP contribution in [0.1, 0.15) is 10.5 Å². The van der Waals surface area contributed by atoms with E-state index in [4.69, 9.17) is 17.3 Å². The molecular formula is C13H10ClN5OS. The summed E-state index contributed by atoms with van der Waals surface area (Å²) < 4.78 is 1.59. The fourth-order valence-corrected chi connectivity index (χ4v) is 2.63. The third-order valence-electron chi connectivity index (χ3n) is 2.72. The number of thiazole rings is 1. The smallest absolute Gasteiger partial charge is 0.275 e. The van der Waals surface area contributed by atoms with Gasteiger partial charge in [-0.05, 0) is 18.2 Å². The molecule has 0 unspecified atom stereocenters. The molecule has 0 spiro atoms. The first-order chi connectivity index (χ1) is 10.1. The highest BCUT2D eigenvalue weighted by atomic mass is 35.5. The zero-order valence-corrected chi connectivity index (χ0v) is 12.2. The first-order valence-electron chi connectivity index (χ1n) is 5.96. The number of carbonyl (C=O) groups is 1. The van der Waals surface area contributed by atoms with Gasteiger partial charge in [0.1, 0.15) is 11.4 Å². The van der Waals surface area contributed by atoms with Gasteiger partial charge >= 0.3 is 0 Å². The maximum Gasteiger partial charge on any atom is 0.275 e. The topological polar surface area (TPSA) is 85.8 Å². The molecular weight excluding hydrogens is 310 g/mol. The summed E-state index contributed by atoms with van der Waals surface area (Å²) in [7, 11) is 0. The van der Waals surface area contributed by atoms with Gasteiger partial charge in [0.05, 0.1) is 10.7 Å². The SMILES string of the molecule is Nc1nc(C(=O)Nc2cccc(Cl)c2-n2cccn2)cs1. The Balaban J connectivity index is 1.96. The van der Waals surface area contributed by atoms with E-state index in [1.165, 1.54) is 11.3 Å². The van der Waals surface area contributed by atoms with Crippen LogP contribution in [0.4, 0.5) is 10.8 Å². The molecule has 3 N–H and O–H groups in total. The Morgan fingerprint density at radius 2 is 2.24 bits per heavy atom. The molecule has 0 aliphatic carbocycles. The average molecular weight is 320 g/mol. The third kappa shape index (κ3) is 2.74. The lowest BCUT2D eigenvalue weighted by Crippen LogP contribution is -2.14.